The minimum absolute atomic E-state index is 0.00324. The summed E-state index contributed by atoms with van der Waals surface area (Å²) in [6.07, 6.45) is 1.87. The van der Waals surface area contributed by atoms with Crippen LogP contribution in [-0.4, -0.2) is 53.4 Å². The number of methoxy groups -OCH3 is 1. The number of carbonyl (C=O) groups is 2. The second-order valence-electron chi connectivity index (χ2n) is 10.3. The Hall–Kier alpha value is -3.48. The highest BCUT2D eigenvalue weighted by Gasteiger charge is 2.77. The van der Waals surface area contributed by atoms with Crippen molar-refractivity contribution in [2.75, 3.05) is 7.11 Å². The molecule has 2 amide bonds. The van der Waals surface area contributed by atoms with Crippen molar-refractivity contribution < 1.29 is 41.0 Å². The van der Waals surface area contributed by atoms with Crippen molar-refractivity contribution in [3.63, 3.8) is 0 Å². The van der Waals surface area contributed by atoms with Gasteiger partial charge in [-0.1, -0.05) is 33.8 Å². The van der Waals surface area contributed by atoms with E-state index in [1.54, 1.807) is 9.47 Å². The van der Waals surface area contributed by atoms with E-state index < -0.39 is 35.9 Å². The van der Waals surface area contributed by atoms with Gasteiger partial charge in [0, 0.05) is 35.8 Å². The standard InChI is InChI=1S/C25H25F2N3O5.C2H6.CHF3/c1-11-12(2)25-7-17(25)35-18-10-29-9-15(23(32)28-8-13-4-5-14(26)6-16(13)27)20(31)21(34-3)19(29)24(33)30(18)22(11)25;1-2;2-1(3)4/h4-6,9,11-12,17-18,22H,7-8,10H2,1-3H3,(H,28,32);1-2H3;1H/t11-,12?,17?,18?,22-,25?;;/m0../s1. The van der Waals surface area contributed by atoms with E-state index in [1.165, 1.54) is 19.4 Å². The highest BCUT2D eigenvalue weighted by Crippen LogP contribution is 2.72. The summed E-state index contributed by atoms with van der Waals surface area (Å²) in [6.45, 7) is 4.69. The number of carbonyl (C=O) groups excluding carboxylic acids is 2. The van der Waals surface area contributed by atoms with Crippen molar-refractivity contribution in [2.45, 2.75) is 72.3 Å². The lowest BCUT2D eigenvalue weighted by atomic mass is 9.57. The molecule has 1 saturated heterocycles. The Balaban J connectivity index is 0.000000596. The molecule has 6 rings (SSSR count). The van der Waals surface area contributed by atoms with Gasteiger partial charge in [0.25, 0.3) is 11.8 Å². The van der Waals surface area contributed by atoms with Crippen molar-refractivity contribution in [2.24, 2.45) is 17.3 Å². The van der Waals surface area contributed by atoms with Gasteiger partial charge in [0.15, 0.2) is 17.7 Å². The summed E-state index contributed by atoms with van der Waals surface area (Å²) in [7, 11) is 1.28. The van der Waals surface area contributed by atoms with E-state index >= 15 is 0 Å². The Morgan fingerprint density at radius 1 is 1.20 bits per heavy atom. The molecule has 224 valence electrons. The van der Waals surface area contributed by atoms with Crippen molar-refractivity contribution in [1.82, 2.24) is 14.8 Å². The molecule has 8 nitrogen and oxygen atoms in total. The van der Waals surface area contributed by atoms with Crippen molar-refractivity contribution in [3.05, 3.63) is 63.1 Å². The molecule has 2 aliphatic heterocycles. The number of alkyl halides is 3. The van der Waals surface area contributed by atoms with Crippen LogP contribution in [0.25, 0.3) is 0 Å². The number of nitrogens with zero attached hydrogens (tertiary/aromatic N) is 2. The van der Waals surface area contributed by atoms with Crippen molar-refractivity contribution in [3.8, 4) is 5.75 Å². The van der Waals surface area contributed by atoms with Crippen LogP contribution in [0, 0.1) is 28.9 Å². The van der Waals surface area contributed by atoms with E-state index in [-0.39, 0.29) is 59.1 Å². The number of rotatable bonds is 4. The first-order chi connectivity index (χ1) is 19.4. The molecule has 0 bridgehead atoms. The predicted molar refractivity (Wildman–Crippen MR) is 137 cm³/mol. The molecule has 3 heterocycles. The van der Waals surface area contributed by atoms with E-state index in [2.05, 4.69) is 19.2 Å². The molecule has 2 saturated carbocycles. The number of halogens is 5. The fourth-order valence-corrected chi connectivity index (χ4v) is 6.55. The maximum atomic E-state index is 13.9. The van der Waals surface area contributed by atoms with Gasteiger partial charge in [-0.05, 0) is 24.3 Å². The summed E-state index contributed by atoms with van der Waals surface area (Å²) in [4.78, 5) is 41.5. The maximum absolute atomic E-state index is 13.9. The molecule has 3 fully saturated rings. The topological polar surface area (TPSA) is 89.9 Å². The van der Waals surface area contributed by atoms with Crippen LogP contribution in [0.15, 0.2) is 29.2 Å². The number of hydrogen-bond donors (Lipinski definition) is 1. The van der Waals surface area contributed by atoms with E-state index in [0.29, 0.717) is 11.8 Å². The monoisotopic (exact) mass is 585 g/mol. The molecule has 1 spiro atoms. The third-order valence-electron chi connectivity index (χ3n) is 8.53. The molecule has 13 heteroatoms. The molecule has 2 aromatic rings. The highest BCUT2D eigenvalue weighted by molar-refractivity contribution is 5.99. The summed E-state index contributed by atoms with van der Waals surface area (Å²) >= 11 is 0. The van der Waals surface area contributed by atoms with Gasteiger partial charge in [0.1, 0.15) is 17.2 Å². The smallest absolute Gasteiger partial charge is 0.379 e. The van der Waals surface area contributed by atoms with Crippen LogP contribution in [0.2, 0.25) is 0 Å². The number of fused-ring (bicyclic) bond motifs is 3. The van der Waals surface area contributed by atoms with Gasteiger partial charge in [-0.3, -0.25) is 14.4 Å². The second kappa shape index (κ2) is 11.4. The quantitative estimate of drug-likeness (QED) is 0.534. The Labute approximate surface area is 233 Å². The zero-order valence-corrected chi connectivity index (χ0v) is 23.2. The molecular formula is C28H32F5N3O5. The van der Waals surface area contributed by atoms with Gasteiger partial charge >= 0.3 is 6.68 Å². The molecule has 2 aliphatic carbocycles. The summed E-state index contributed by atoms with van der Waals surface area (Å²) in [6, 6.07) is 3.08. The number of ether oxygens (including phenoxy) is 2. The number of aromatic nitrogens is 1. The summed E-state index contributed by atoms with van der Waals surface area (Å²) in [5.41, 5.74) is -0.801. The van der Waals surface area contributed by atoms with Crippen LogP contribution in [0.4, 0.5) is 22.0 Å². The number of pyridine rings is 1. The van der Waals surface area contributed by atoms with Gasteiger partial charge in [-0.2, -0.15) is 13.2 Å². The largest absolute Gasteiger partial charge is 0.491 e. The van der Waals surface area contributed by atoms with E-state index in [9.17, 15) is 36.3 Å². The minimum atomic E-state index is -3.67. The van der Waals surface area contributed by atoms with E-state index in [4.69, 9.17) is 9.47 Å². The summed E-state index contributed by atoms with van der Waals surface area (Å²) in [5, 5.41) is 2.49. The zero-order valence-electron chi connectivity index (χ0n) is 23.2. The van der Waals surface area contributed by atoms with Crippen LogP contribution >= 0.6 is 0 Å². The fraction of sp³-hybridized carbons (Fsp3) is 0.536. The average molecular weight is 586 g/mol. The minimum Gasteiger partial charge on any atom is -0.491 e. The average Bonchev–Trinajstić information content (AvgIpc) is 3.68. The second-order valence-corrected chi connectivity index (χ2v) is 10.3. The number of amides is 2. The van der Waals surface area contributed by atoms with E-state index in [1.807, 2.05) is 13.8 Å². The lowest BCUT2D eigenvalue weighted by molar-refractivity contribution is -0.210. The third-order valence-corrected chi connectivity index (χ3v) is 8.53. The van der Waals surface area contributed by atoms with Crippen molar-refractivity contribution in [1.29, 1.82) is 0 Å². The Morgan fingerprint density at radius 3 is 2.46 bits per heavy atom. The molecule has 0 radical (unpaired) electrons. The maximum Gasteiger partial charge on any atom is 0.379 e. The normalized spacial score (nSPS) is 28.3. The first kappa shape index (κ1) is 30.5. The van der Waals surface area contributed by atoms with Crippen LogP contribution < -0.4 is 15.5 Å². The van der Waals surface area contributed by atoms with Crippen LogP contribution in [0.5, 0.6) is 5.75 Å². The number of nitrogens with one attached hydrogen (secondary N) is 1. The Morgan fingerprint density at radius 2 is 1.85 bits per heavy atom. The molecule has 1 N–H and O–H groups in total. The third kappa shape index (κ3) is 4.98. The highest BCUT2D eigenvalue weighted by atomic mass is 19.4. The lowest BCUT2D eigenvalue weighted by Gasteiger charge is -2.60. The first-order valence-electron chi connectivity index (χ1n) is 13.4. The molecule has 6 atom stereocenters. The summed E-state index contributed by atoms with van der Waals surface area (Å²) in [5.74, 6) is -2.07. The molecular weight excluding hydrogens is 553 g/mol. The molecule has 41 heavy (non-hydrogen) atoms. The lowest BCUT2D eigenvalue weighted by Crippen LogP contribution is -2.70. The van der Waals surface area contributed by atoms with Crippen LogP contribution in [0.1, 0.15) is 60.5 Å². The van der Waals surface area contributed by atoms with E-state index in [0.717, 1.165) is 18.6 Å². The Bertz CT molecular complexity index is 1400. The molecule has 4 unspecified atom stereocenters. The number of benzene rings is 1. The predicted octanol–water partition coefficient (Wildman–Crippen LogP) is 4.50. The molecule has 4 aliphatic rings. The van der Waals surface area contributed by atoms with Crippen molar-refractivity contribution >= 4 is 11.8 Å². The van der Waals surface area contributed by atoms with Crippen LogP contribution in [0.3, 0.4) is 0 Å². The SMILES string of the molecule is CC.COc1c2n(cc(C(=O)NCc3ccc(F)cc3F)c1=O)CC1OC3CC34C(C)[C@H](C)[C@@H]4N1C2=O.FC(F)F. The zero-order chi connectivity index (χ0) is 30.4. The van der Waals surface area contributed by atoms with Gasteiger partial charge in [0.2, 0.25) is 5.43 Å². The van der Waals surface area contributed by atoms with Gasteiger partial charge in [-0.15, -0.1) is 0 Å². The van der Waals surface area contributed by atoms with Gasteiger partial charge in [0.05, 0.1) is 19.8 Å². The molecule has 1 aromatic heterocycles. The first-order valence-corrected chi connectivity index (χ1v) is 13.4. The fourth-order valence-electron chi connectivity index (χ4n) is 6.55. The van der Waals surface area contributed by atoms with Gasteiger partial charge in [-0.25, -0.2) is 8.78 Å². The molecule has 1 aromatic carbocycles. The van der Waals surface area contributed by atoms with Gasteiger partial charge < -0.3 is 24.3 Å². The number of hydrogen-bond acceptors (Lipinski definition) is 5. The van der Waals surface area contributed by atoms with Crippen LogP contribution in [-0.2, 0) is 17.8 Å². The summed E-state index contributed by atoms with van der Waals surface area (Å²) < 4.78 is 69.2. The Kier molecular flexibility index (Phi) is 8.49.